The van der Waals surface area contributed by atoms with E-state index >= 15 is 0 Å². The van der Waals surface area contributed by atoms with Crippen molar-refractivity contribution in [3.63, 3.8) is 0 Å². The molecule has 2 amide bonds. The van der Waals surface area contributed by atoms with Crippen LogP contribution in [0.1, 0.15) is 22.8 Å². The second-order valence-corrected chi connectivity index (χ2v) is 5.95. The molecule has 0 aromatic heterocycles. The molecule has 0 saturated heterocycles. The molecule has 152 valence electrons. The number of ether oxygens (including phenoxy) is 3. The van der Waals surface area contributed by atoms with Crippen molar-refractivity contribution < 1.29 is 28.6 Å². The molecule has 0 spiro atoms. The van der Waals surface area contributed by atoms with E-state index in [1.807, 2.05) is 0 Å². The normalized spacial score (nSPS) is 11.6. The third-order valence-electron chi connectivity index (χ3n) is 3.94. The number of methoxy groups -OCH3 is 2. The number of hydrogen-bond acceptors (Lipinski definition) is 6. The monoisotopic (exact) mass is 398 g/mol. The number of carbonyl (C=O) groups is 3. The molecule has 2 aromatic carbocycles. The lowest BCUT2D eigenvalue weighted by Gasteiger charge is -2.12. The van der Waals surface area contributed by atoms with Gasteiger partial charge < -0.3 is 25.3 Å². The van der Waals surface area contributed by atoms with Gasteiger partial charge in [0.15, 0.2) is 6.10 Å². The van der Waals surface area contributed by atoms with E-state index < -0.39 is 23.9 Å². The highest BCUT2D eigenvalue weighted by Gasteiger charge is 2.17. The van der Waals surface area contributed by atoms with Gasteiger partial charge in [-0.1, -0.05) is 0 Å². The van der Waals surface area contributed by atoms with E-state index in [0.717, 1.165) is 0 Å². The van der Waals surface area contributed by atoms with Crippen LogP contribution in [-0.2, 0) is 14.3 Å². The first-order valence-electron chi connectivity index (χ1n) is 8.65. The van der Waals surface area contributed by atoms with Crippen LogP contribution in [0.3, 0.4) is 0 Å². The molecule has 1 unspecified atom stereocenters. The molecule has 8 nitrogen and oxygen atoms in total. The minimum atomic E-state index is -1.03. The summed E-state index contributed by atoms with van der Waals surface area (Å²) in [6.07, 6.45) is 1.70. The lowest BCUT2D eigenvalue weighted by atomic mass is 10.1. The van der Waals surface area contributed by atoms with E-state index in [-0.39, 0.29) is 0 Å². The zero-order valence-electron chi connectivity index (χ0n) is 16.3. The van der Waals surface area contributed by atoms with Gasteiger partial charge in [0.25, 0.3) is 5.91 Å². The van der Waals surface area contributed by atoms with Crippen LogP contribution in [0.5, 0.6) is 11.5 Å². The highest BCUT2D eigenvalue weighted by Crippen LogP contribution is 2.25. The first-order valence-corrected chi connectivity index (χ1v) is 8.65. The number of hydrogen-bond donors (Lipinski definition) is 2. The maximum absolute atomic E-state index is 12.2. The molecule has 8 heteroatoms. The second kappa shape index (κ2) is 9.93. The van der Waals surface area contributed by atoms with Crippen molar-refractivity contribution in [1.29, 1.82) is 0 Å². The zero-order chi connectivity index (χ0) is 21.4. The van der Waals surface area contributed by atoms with Crippen molar-refractivity contribution >= 4 is 29.5 Å². The fourth-order valence-electron chi connectivity index (χ4n) is 2.34. The van der Waals surface area contributed by atoms with Gasteiger partial charge >= 0.3 is 5.97 Å². The Morgan fingerprint density at radius 1 is 1.03 bits per heavy atom. The van der Waals surface area contributed by atoms with Crippen LogP contribution >= 0.6 is 0 Å². The highest BCUT2D eigenvalue weighted by molar-refractivity contribution is 5.97. The Labute approximate surface area is 168 Å². The summed E-state index contributed by atoms with van der Waals surface area (Å²) in [5.41, 5.74) is 6.58. The van der Waals surface area contributed by atoms with Gasteiger partial charge in [-0.05, 0) is 49.4 Å². The van der Waals surface area contributed by atoms with Crippen LogP contribution < -0.4 is 20.5 Å². The highest BCUT2D eigenvalue weighted by atomic mass is 16.5. The summed E-state index contributed by atoms with van der Waals surface area (Å²) in [6.45, 7) is 1.45. The van der Waals surface area contributed by atoms with Crippen LogP contribution in [0.4, 0.5) is 5.69 Å². The average Bonchev–Trinajstić information content (AvgIpc) is 2.72. The van der Waals surface area contributed by atoms with Crippen LogP contribution in [0.15, 0.2) is 48.5 Å². The molecule has 0 bridgehead atoms. The predicted octanol–water partition coefficient (Wildman–Crippen LogP) is 2.39. The number of nitrogens with one attached hydrogen (secondary N) is 1. The van der Waals surface area contributed by atoms with Crippen LogP contribution in [-0.4, -0.2) is 38.1 Å². The van der Waals surface area contributed by atoms with Crippen LogP contribution in [0.2, 0.25) is 0 Å². The molecule has 0 aliphatic rings. The third-order valence-corrected chi connectivity index (χ3v) is 3.94. The van der Waals surface area contributed by atoms with E-state index in [0.29, 0.717) is 28.3 Å². The van der Waals surface area contributed by atoms with Gasteiger partial charge in [-0.3, -0.25) is 9.59 Å². The van der Waals surface area contributed by atoms with Crippen molar-refractivity contribution in [1.82, 2.24) is 0 Å². The molecule has 0 heterocycles. The SMILES string of the molecule is COc1ccc(/C=C/C(=O)OC(C)C(=O)Nc2ccc(C(N)=O)cc2)c(OC)c1. The van der Waals surface area contributed by atoms with E-state index in [1.54, 1.807) is 25.3 Å². The van der Waals surface area contributed by atoms with Gasteiger partial charge in [0.2, 0.25) is 5.91 Å². The maximum atomic E-state index is 12.2. The van der Waals surface area contributed by atoms with Crippen LogP contribution in [0.25, 0.3) is 6.08 Å². The summed E-state index contributed by atoms with van der Waals surface area (Å²) < 4.78 is 15.5. The molecule has 29 heavy (non-hydrogen) atoms. The Morgan fingerprint density at radius 3 is 2.31 bits per heavy atom. The number of benzene rings is 2. The Morgan fingerprint density at radius 2 is 1.72 bits per heavy atom. The Hall–Kier alpha value is -3.81. The minimum Gasteiger partial charge on any atom is -0.497 e. The molecular formula is C21H22N2O6. The van der Waals surface area contributed by atoms with E-state index in [1.165, 1.54) is 50.5 Å². The van der Waals surface area contributed by atoms with Gasteiger partial charge in [-0.15, -0.1) is 0 Å². The quantitative estimate of drug-likeness (QED) is 0.521. The number of anilines is 1. The molecule has 0 fully saturated rings. The van der Waals surface area contributed by atoms with Crippen molar-refractivity contribution in [3.05, 3.63) is 59.7 Å². The Bertz CT molecular complexity index is 921. The predicted molar refractivity (Wildman–Crippen MR) is 108 cm³/mol. The number of primary amides is 1. The molecule has 0 aliphatic carbocycles. The molecule has 3 N–H and O–H groups in total. The topological polar surface area (TPSA) is 117 Å². The molecule has 0 saturated carbocycles. The van der Waals surface area contributed by atoms with Crippen molar-refractivity contribution in [2.24, 2.45) is 5.73 Å². The van der Waals surface area contributed by atoms with Gasteiger partial charge in [-0.2, -0.15) is 0 Å². The fraction of sp³-hybridized carbons (Fsp3) is 0.190. The summed E-state index contributed by atoms with van der Waals surface area (Å²) in [4.78, 5) is 35.3. The summed E-state index contributed by atoms with van der Waals surface area (Å²) in [6, 6.07) is 11.2. The van der Waals surface area contributed by atoms with Crippen LogP contribution in [0, 0.1) is 0 Å². The largest absolute Gasteiger partial charge is 0.497 e. The Kier molecular flexibility index (Phi) is 7.36. The number of carbonyl (C=O) groups excluding carboxylic acids is 3. The van der Waals surface area contributed by atoms with Gasteiger partial charge in [-0.25, -0.2) is 4.79 Å². The van der Waals surface area contributed by atoms with E-state index in [4.69, 9.17) is 19.9 Å². The lowest BCUT2D eigenvalue weighted by molar-refractivity contribution is -0.148. The molecule has 2 rings (SSSR count). The van der Waals surface area contributed by atoms with Crippen molar-refractivity contribution in [2.75, 3.05) is 19.5 Å². The summed E-state index contributed by atoms with van der Waals surface area (Å²) in [7, 11) is 3.05. The van der Waals surface area contributed by atoms with E-state index in [9.17, 15) is 14.4 Å². The minimum absolute atomic E-state index is 0.321. The summed E-state index contributed by atoms with van der Waals surface area (Å²) in [5, 5.41) is 2.59. The fourth-order valence-corrected chi connectivity index (χ4v) is 2.34. The third kappa shape index (κ3) is 6.10. The summed E-state index contributed by atoms with van der Waals surface area (Å²) >= 11 is 0. The van der Waals surface area contributed by atoms with Gasteiger partial charge in [0.05, 0.1) is 14.2 Å². The van der Waals surface area contributed by atoms with Crippen molar-refractivity contribution in [3.8, 4) is 11.5 Å². The molecule has 1 atom stereocenters. The number of rotatable bonds is 8. The maximum Gasteiger partial charge on any atom is 0.331 e. The first-order chi connectivity index (χ1) is 13.8. The molecule has 0 radical (unpaired) electrons. The number of nitrogens with two attached hydrogens (primary N) is 1. The number of amides is 2. The first kappa shape index (κ1) is 21.5. The Balaban J connectivity index is 1.95. The van der Waals surface area contributed by atoms with E-state index in [2.05, 4.69) is 5.32 Å². The molecular weight excluding hydrogens is 376 g/mol. The molecule has 2 aromatic rings. The number of esters is 1. The zero-order valence-corrected chi connectivity index (χ0v) is 16.3. The summed E-state index contributed by atoms with van der Waals surface area (Å²) in [5.74, 6) is -0.616. The molecule has 0 aliphatic heterocycles. The van der Waals surface area contributed by atoms with Crippen molar-refractivity contribution in [2.45, 2.75) is 13.0 Å². The lowest BCUT2D eigenvalue weighted by Crippen LogP contribution is -2.29. The standard InChI is InChI=1S/C21H22N2O6/c1-13(21(26)23-16-8-4-15(5-9-16)20(22)25)29-19(24)11-7-14-6-10-17(27-2)12-18(14)28-3/h4-13H,1-3H3,(H2,22,25)(H,23,26)/b11-7+. The smallest absolute Gasteiger partial charge is 0.331 e. The average molecular weight is 398 g/mol. The van der Waals surface area contributed by atoms with Gasteiger partial charge in [0.1, 0.15) is 11.5 Å². The van der Waals surface area contributed by atoms with Gasteiger partial charge in [0, 0.05) is 29.0 Å². The second-order valence-electron chi connectivity index (χ2n) is 5.95.